The van der Waals surface area contributed by atoms with E-state index in [1.807, 2.05) is 24.3 Å². The highest BCUT2D eigenvalue weighted by Gasteiger charge is 2.04. The van der Waals surface area contributed by atoms with Crippen LogP contribution in [0, 0.1) is 5.82 Å². The van der Waals surface area contributed by atoms with Gasteiger partial charge in [0.25, 0.3) is 5.91 Å². The third kappa shape index (κ3) is 7.05. The van der Waals surface area contributed by atoms with E-state index < -0.39 is 11.7 Å². The summed E-state index contributed by atoms with van der Waals surface area (Å²) in [5.74, 6) is -0.0900. The topological polar surface area (TPSA) is 50.7 Å². The van der Waals surface area contributed by atoms with Gasteiger partial charge in [-0.1, -0.05) is 38.7 Å². The van der Waals surface area contributed by atoms with Gasteiger partial charge in [-0.25, -0.2) is 9.82 Å². The highest BCUT2D eigenvalue weighted by molar-refractivity contribution is 5.94. The van der Waals surface area contributed by atoms with Crippen LogP contribution in [0.4, 0.5) is 4.39 Å². The molecule has 0 atom stereocenters. The van der Waals surface area contributed by atoms with E-state index in [0.29, 0.717) is 0 Å². The van der Waals surface area contributed by atoms with Gasteiger partial charge in [0.1, 0.15) is 11.6 Å². The summed E-state index contributed by atoms with van der Waals surface area (Å²) in [4.78, 5) is 11.8. The molecule has 1 amide bonds. The second-order valence-electron chi connectivity index (χ2n) is 6.04. The molecule has 1 N–H and O–H groups in total. The Bertz CT molecular complexity index is 714. The fraction of sp³-hybridized carbons (Fsp3) is 0.333. The van der Waals surface area contributed by atoms with Gasteiger partial charge in [0.2, 0.25) is 0 Å². The van der Waals surface area contributed by atoms with Crippen LogP contribution < -0.4 is 10.2 Å². The highest BCUT2D eigenvalue weighted by atomic mass is 19.1. The summed E-state index contributed by atoms with van der Waals surface area (Å²) in [6.45, 7) is 2.93. The maximum Gasteiger partial charge on any atom is 0.271 e. The molecule has 0 saturated heterocycles. The molecule has 2 rings (SSSR count). The predicted molar refractivity (Wildman–Crippen MR) is 102 cm³/mol. The first-order valence-corrected chi connectivity index (χ1v) is 9.01. The Hall–Kier alpha value is -2.69. The van der Waals surface area contributed by atoms with Crippen LogP contribution in [0.1, 0.15) is 54.9 Å². The lowest BCUT2D eigenvalue weighted by molar-refractivity contribution is 0.0954. The summed E-state index contributed by atoms with van der Waals surface area (Å²) in [6, 6.07) is 12.9. The number of halogens is 1. The Morgan fingerprint density at radius 2 is 1.88 bits per heavy atom. The van der Waals surface area contributed by atoms with Gasteiger partial charge >= 0.3 is 0 Å². The first-order chi connectivity index (χ1) is 12.7. The van der Waals surface area contributed by atoms with Crippen LogP contribution in [-0.2, 0) is 0 Å². The SMILES string of the molecule is CCCCCCCOc1ccc(/C=N\NC(=O)c2cccc(F)c2)cc1. The summed E-state index contributed by atoms with van der Waals surface area (Å²) >= 11 is 0. The molecule has 5 heteroatoms. The molecule has 2 aromatic rings. The number of hydrazone groups is 1. The number of unbranched alkanes of at least 4 members (excludes halogenated alkanes) is 4. The minimum Gasteiger partial charge on any atom is -0.494 e. The van der Waals surface area contributed by atoms with Gasteiger partial charge in [-0.15, -0.1) is 0 Å². The fourth-order valence-corrected chi connectivity index (χ4v) is 2.41. The quantitative estimate of drug-likeness (QED) is 0.372. The van der Waals surface area contributed by atoms with Gasteiger partial charge in [-0.05, 0) is 54.4 Å². The smallest absolute Gasteiger partial charge is 0.271 e. The number of rotatable bonds is 10. The van der Waals surface area contributed by atoms with E-state index in [4.69, 9.17) is 4.74 Å². The molecule has 0 spiro atoms. The van der Waals surface area contributed by atoms with Crippen LogP contribution in [0.3, 0.4) is 0 Å². The molecule has 0 aromatic heterocycles. The molecule has 0 saturated carbocycles. The Morgan fingerprint density at radius 1 is 1.12 bits per heavy atom. The number of carbonyl (C=O) groups excluding carboxylic acids is 1. The van der Waals surface area contributed by atoms with E-state index in [0.717, 1.165) is 24.3 Å². The monoisotopic (exact) mass is 356 g/mol. The predicted octanol–water partition coefficient (Wildman–Crippen LogP) is 4.94. The molecular weight excluding hydrogens is 331 g/mol. The first-order valence-electron chi connectivity index (χ1n) is 9.01. The molecule has 0 aliphatic rings. The Balaban J connectivity index is 1.74. The number of amides is 1. The van der Waals surface area contributed by atoms with Crippen LogP contribution in [-0.4, -0.2) is 18.7 Å². The summed E-state index contributed by atoms with van der Waals surface area (Å²) in [5.41, 5.74) is 3.44. The van der Waals surface area contributed by atoms with E-state index in [1.165, 1.54) is 56.2 Å². The van der Waals surface area contributed by atoms with Crippen molar-refractivity contribution in [2.24, 2.45) is 5.10 Å². The lowest BCUT2D eigenvalue weighted by atomic mass is 10.2. The average Bonchev–Trinajstić information content (AvgIpc) is 2.65. The molecule has 138 valence electrons. The van der Waals surface area contributed by atoms with Crippen molar-refractivity contribution >= 4 is 12.1 Å². The van der Waals surface area contributed by atoms with E-state index in [-0.39, 0.29) is 5.56 Å². The third-order valence-corrected chi connectivity index (χ3v) is 3.86. The van der Waals surface area contributed by atoms with E-state index in [2.05, 4.69) is 17.5 Å². The number of benzene rings is 2. The summed E-state index contributed by atoms with van der Waals surface area (Å²) in [5, 5.41) is 3.89. The molecule has 0 fully saturated rings. The standard InChI is InChI=1S/C21H25FN2O2/c1-2-3-4-5-6-14-26-20-12-10-17(11-13-20)16-23-24-21(25)18-8-7-9-19(22)15-18/h7-13,15-16H,2-6,14H2,1H3,(H,24,25)/b23-16-. The van der Waals surface area contributed by atoms with Gasteiger partial charge in [0, 0.05) is 5.56 Å². The van der Waals surface area contributed by atoms with Gasteiger partial charge in [-0.3, -0.25) is 4.79 Å². The maximum absolute atomic E-state index is 13.1. The number of nitrogens with zero attached hydrogens (tertiary/aromatic N) is 1. The molecule has 0 unspecified atom stereocenters. The van der Waals surface area contributed by atoms with Crippen molar-refractivity contribution in [3.8, 4) is 5.75 Å². The molecule has 0 bridgehead atoms. The zero-order chi connectivity index (χ0) is 18.6. The molecule has 0 radical (unpaired) electrons. The summed E-state index contributed by atoms with van der Waals surface area (Å²) in [7, 11) is 0. The zero-order valence-electron chi connectivity index (χ0n) is 15.1. The maximum atomic E-state index is 13.1. The number of carbonyl (C=O) groups is 1. The molecule has 0 aliphatic heterocycles. The lowest BCUT2D eigenvalue weighted by Crippen LogP contribution is -2.17. The van der Waals surface area contributed by atoms with Gasteiger partial charge in [0.15, 0.2) is 0 Å². The molecule has 4 nitrogen and oxygen atoms in total. The number of hydrogen-bond acceptors (Lipinski definition) is 3. The van der Waals surface area contributed by atoms with Gasteiger partial charge < -0.3 is 4.74 Å². The van der Waals surface area contributed by atoms with Gasteiger partial charge in [-0.2, -0.15) is 5.10 Å². The zero-order valence-corrected chi connectivity index (χ0v) is 15.1. The van der Waals surface area contributed by atoms with Crippen LogP contribution in [0.2, 0.25) is 0 Å². The van der Waals surface area contributed by atoms with E-state index in [1.54, 1.807) is 0 Å². The van der Waals surface area contributed by atoms with E-state index in [9.17, 15) is 9.18 Å². The van der Waals surface area contributed by atoms with Crippen molar-refractivity contribution in [2.75, 3.05) is 6.61 Å². The number of ether oxygens (including phenoxy) is 1. The lowest BCUT2D eigenvalue weighted by Gasteiger charge is -2.06. The van der Waals surface area contributed by atoms with Crippen molar-refractivity contribution in [3.05, 3.63) is 65.5 Å². The van der Waals surface area contributed by atoms with Crippen LogP contribution in [0.15, 0.2) is 53.6 Å². The third-order valence-electron chi connectivity index (χ3n) is 3.86. The highest BCUT2D eigenvalue weighted by Crippen LogP contribution is 2.12. The molecule has 0 heterocycles. The minimum atomic E-state index is -0.456. The van der Waals surface area contributed by atoms with Crippen molar-refractivity contribution in [1.29, 1.82) is 0 Å². The fourth-order valence-electron chi connectivity index (χ4n) is 2.41. The summed E-state index contributed by atoms with van der Waals surface area (Å²) in [6.07, 6.45) is 7.58. The number of hydrogen-bond donors (Lipinski definition) is 1. The van der Waals surface area contributed by atoms with Crippen molar-refractivity contribution in [1.82, 2.24) is 5.43 Å². The molecule has 0 aliphatic carbocycles. The molecule has 26 heavy (non-hydrogen) atoms. The molecule has 2 aromatic carbocycles. The first kappa shape index (κ1) is 19.6. The van der Waals surface area contributed by atoms with Crippen molar-refractivity contribution in [2.45, 2.75) is 39.0 Å². The number of nitrogens with one attached hydrogen (secondary N) is 1. The van der Waals surface area contributed by atoms with Crippen LogP contribution in [0.25, 0.3) is 0 Å². The Morgan fingerprint density at radius 3 is 2.62 bits per heavy atom. The minimum absolute atomic E-state index is 0.227. The van der Waals surface area contributed by atoms with Gasteiger partial charge in [0.05, 0.1) is 12.8 Å². The largest absolute Gasteiger partial charge is 0.494 e. The van der Waals surface area contributed by atoms with Crippen molar-refractivity contribution in [3.63, 3.8) is 0 Å². The van der Waals surface area contributed by atoms with E-state index >= 15 is 0 Å². The van der Waals surface area contributed by atoms with Crippen LogP contribution in [0.5, 0.6) is 5.75 Å². The van der Waals surface area contributed by atoms with Crippen molar-refractivity contribution < 1.29 is 13.9 Å². The Kier molecular flexibility index (Phi) is 8.33. The second kappa shape index (κ2) is 11.0. The normalized spacial score (nSPS) is 10.8. The van der Waals surface area contributed by atoms with Crippen LogP contribution >= 0.6 is 0 Å². The molecular formula is C21H25FN2O2. The Labute approximate surface area is 154 Å². The second-order valence-corrected chi connectivity index (χ2v) is 6.04. The average molecular weight is 356 g/mol. The summed E-state index contributed by atoms with van der Waals surface area (Å²) < 4.78 is 18.8.